The van der Waals surface area contributed by atoms with Crippen molar-refractivity contribution in [2.24, 2.45) is 5.73 Å². The van der Waals surface area contributed by atoms with Gasteiger partial charge in [0.05, 0.1) is 26.4 Å². The lowest BCUT2D eigenvalue weighted by Crippen LogP contribution is -2.22. The summed E-state index contributed by atoms with van der Waals surface area (Å²) in [5, 5.41) is 3.18. The van der Waals surface area contributed by atoms with E-state index in [0.717, 1.165) is 25.9 Å². The Kier molecular flexibility index (Phi) is 8.23. The SMILES string of the molecule is NCCOCCOCCNc1nc(Oc2ccccc2)nc(N2CCCC2)n1. The molecule has 9 nitrogen and oxygen atoms in total. The van der Waals surface area contributed by atoms with Crippen molar-refractivity contribution in [3.63, 3.8) is 0 Å². The molecule has 28 heavy (non-hydrogen) atoms. The zero-order valence-electron chi connectivity index (χ0n) is 16.0. The van der Waals surface area contributed by atoms with Crippen molar-refractivity contribution in [1.29, 1.82) is 0 Å². The first-order chi connectivity index (χ1) is 13.8. The van der Waals surface area contributed by atoms with Crippen molar-refractivity contribution < 1.29 is 14.2 Å². The minimum absolute atomic E-state index is 0.279. The van der Waals surface area contributed by atoms with Gasteiger partial charge < -0.3 is 30.2 Å². The highest BCUT2D eigenvalue weighted by atomic mass is 16.5. The van der Waals surface area contributed by atoms with E-state index in [-0.39, 0.29) is 6.01 Å². The second kappa shape index (κ2) is 11.4. The number of nitrogens with zero attached hydrogens (tertiary/aromatic N) is 4. The van der Waals surface area contributed by atoms with Crippen LogP contribution < -0.4 is 20.7 Å². The van der Waals surface area contributed by atoms with Crippen molar-refractivity contribution in [2.45, 2.75) is 12.8 Å². The van der Waals surface area contributed by atoms with Crippen LogP contribution in [0.15, 0.2) is 30.3 Å². The number of nitrogens with two attached hydrogens (primary N) is 1. The molecular formula is C19H28N6O3. The summed E-state index contributed by atoms with van der Waals surface area (Å²) < 4.78 is 16.6. The Balaban J connectivity index is 1.56. The smallest absolute Gasteiger partial charge is 0.328 e. The van der Waals surface area contributed by atoms with Gasteiger partial charge in [-0.05, 0) is 25.0 Å². The van der Waals surface area contributed by atoms with Gasteiger partial charge in [-0.25, -0.2) is 0 Å². The molecule has 0 spiro atoms. The molecular weight excluding hydrogens is 360 g/mol. The normalized spacial score (nSPS) is 13.7. The minimum Gasteiger partial charge on any atom is -0.424 e. The third kappa shape index (κ3) is 6.59. The standard InChI is InChI=1S/C19H28N6O3/c20-8-12-26-14-15-27-13-9-21-17-22-18(25-10-4-5-11-25)24-19(23-17)28-16-6-2-1-3-7-16/h1-3,6-7H,4-5,8-15,20H2,(H,21,22,23,24). The molecule has 2 heterocycles. The fourth-order valence-corrected chi connectivity index (χ4v) is 2.76. The summed E-state index contributed by atoms with van der Waals surface area (Å²) in [6, 6.07) is 9.77. The van der Waals surface area contributed by atoms with Gasteiger partial charge in [-0.3, -0.25) is 0 Å². The molecule has 1 aromatic heterocycles. The van der Waals surface area contributed by atoms with E-state index in [0.29, 0.717) is 57.2 Å². The van der Waals surface area contributed by atoms with E-state index < -0.39 is 0 Å². The van der Waals surface area contributed by atoms with E-state index >= 15 is 0 Å². The Bertz CT molecular complexity index is 697. The number of benzene rings is 1. The van der Waals surface area contributed by atoms with Crippen LogP contribution in [0.1, 0.15) is 12.8 Å². The molecule has 0 saturated carbocycles. The molecule has 0 bridgehead atoms. The Labute approximate surface area is 165 Å². The summed E-state index contributed by atoms with van der Waals surface area (Å²) in [5.74, 6) is 1.80. The lowest BCUT2D eigenvalue weighted by molar-refractivity contribution is 0.0547. The first-order valence-electron chi connectivity index (χ1n) is 9.68. The van der Waals surface area contributed by atoms with Crippen molar-refractivity contribution in [1.82, 2.24) is 15.0 Å². The molecule has 0 radical (unpaired) electrons. The van der Waals surface area contributed by atoms with Gasteiger partial charge >= 0.3 is 6.01 Å². The van der Waals surface area contributed by atoms with Gasteiger partial charge in [-0.15, -0.1) is 0 Å². The molecule has 152 valence electrons. The fraction of sp³-hybridized carbons (Fsp3) is 0.526. The number of hydrogen-bond acceptors (Lipinski definition) is 9. The predicted molar refractivity (Wildman–Crippen MR) is 107 cm³/mol. The van der Waals surface area contributed by atoms with Crippen LogP contribution in [-0.2, 0) is 9.47 Å². The molecule has 0 atom stereocenters. The van der Waals surface area contributed by atoms with Crippen molar-refractivity contribution >= 4 is 11.9 Å². The molecule has 1 aliphatic rings. The third-order valence-electron chi connectivity index (χ3n) is 4.11. The first-order valence-corrected chi connectivity index (χ1v) is 9.68. The summed E-state index contributed by atoms with van der Waals surface area (Å²) in [6.45, 7) is 5.12. The lowest BCUT2D eigenvalue weighted by Gasteiger charge is -2.17. The van der Waals surface area contributed by atoms with Gasteiger partial charge in [0.2, 0.25) is 11.9 Å². The summed E-state index contributed by atoms with van der Waals surface area (Å²) >= 11 is 0. The highest BCUT2D eigenvalue weighted by Gasteiger charge is 2.18. The van der Waals surface area contributed by atoms with Gasteiger partial charge in [0.25, 0.3) is 0 Å². The number of para-hydroxylation sites is 1. The van der Waals surface area contributed by atoms with Gasteiger partial charge in [0, 0.05) is 26.2 Å². The Morgan fingerprint density at radius 3 is 2.43 bits per heavy atom. The first kappa shape index (κ1) is 20.2. The van der Waals surface area contributed by atoms with Crippen molar-refractivity contribution in [3.8, 4) is 11.8 Å². The maximum Gasteiger partial charge on any atom is 0.328 e. The third-order valence-corrected chi connectivity index (χ3v) is 4.11. The molecule has 0 aliphatic carbocycles. The number of rotatable bonds is 12. The largest absolute Gasteiger partial charge is 0.424 e. The Morgan fingerprint density at radius 2 is 1.68 bits per heavy atom. The summed E-state index contributed by atoms with van der Waals surface area (Å²) in [7, 11) is 0. The Morgan fingerprint density at radius 1 is 0.929 bits per heavy atom. The number of hydrogen-bond donors (Lipinski definition) is 2. The van der Waals surface area contributed by atoms with E-state index in [1.54, 1.807) is 0 Å². The fourth-order valence-electron chi connectivity index (χ4n) is 2.76. The van der Waals surface area contributed by atoms with E-state index in [1.165, 1.54) is 0 Å². The van der Waals surface area contributed by atoms with Gasteiger partial charge in [-0.1, -0.05) is 18.2 Å². The second-order valence-electron chi connectivity index (χ2n) is 6.29. The molecule has 3 rings (SSSR count). The second-order valence-corrected chi connectivity index (χ2v) is 6.29. The number of aromatic nitrogens is 3. The van der Waals surface area contributed by atoms with Gasteiger partial charge in [0.1, 0.15) is 5.75 Å². The zero-order chi connectivity index (χ0) is 19.4. The quantitative estimate of drug-likeness (QED) is 0.525. The highest BCUT2D eigenvalue weighted by molar-refractivity contribution is 5.40. The number of ether oxygens (including phenoxy) is 3. The molecule has 1 saturated heterocycles. The molecule has 0 amide bonds. The maximum atomic E-state index is 5.81. The summed E-state index contributed by atoms with van der Waals surface area (Å²) in [5.41, 5.74) is 5.37. The van der Waals surface area contributed by atoms with Crippen LogP contribution in [0.4, 0.5) is 11.9 Å². The zero-order valence-corrected chi connectivity index (χ0v) is 16.0. The maximum absolute atomic E-state index is 5.81. The minimum atomic E-state index is 0.279. The van der Waals surface area contributed by atoms with Crippen LogP contribution in [0.5, 0.6) is 11.8 Å². The average Bonchev–Trinajstić information content (AvgIpc) is 3.26. The summed E-state index contributed by atoms with van der Waals surface area (Å²) in [4.78, 5) is 15.5. The van der Waals surface area contributed by atoms with Crippen molar-refractivity contribution in [3.05, 3.63) is 30.3 Å². The van der Waals surface area contributed by atoms with Gasteiger partial charge in [0.15, 0.2) is 0 Å². The van der Waals surface area contributed by atoms with Crippen molar-refractivity contribution in [2.75, 3.05) is 62.8 Å². The Hall–Kier alpha value is -2.49. The number of anilines is 2. The molecule has 9 heteroatoms. The van der Waals surface area contributed by atoms with Crippen LogP contribution in [0.25, 0.3) is 0 Å². The van der Waals surface area contributed by atoms with E-state index in [1.807, 2.05) is 30.3 Å². The van der Waals surface area contributed by atoms with Crippen LogP contribution in [0, 0.1) is 0 Å². The van der Waals surface area contributed by atoms with Crippen LogP contribution in [-0.4, -0.2) is 67.6 Å². The monoisotopic (exact) mass is 388 g/mol. The molecule has 1 aliphatic heterocycles. The van der Waals surface area contributed by atoms with E-state index in [2.05, 4.69) is 25.2 Å². The molecule has 2 aromatic rings. The number of nitrogens with one attached hydrogen (secondary N) is 1. The molecule has 1 fully saturated rings. The van der Waals surface area contributed by atoms with E-state index in [9.17, 15) is 0 Å². The molecule has 0 unspecified atom stereocenters. The topological polar surface area (TPSA) is 108 Å². The summed E-state index contributed by atoms with van der Waals surface area (Å²) in [6.07, 6.45) is 2.28. The van der Waals surface area contributed by atoms with Crippen LogP contribution in [0.3, 0.4) is 0 Å². The van der Waals surface area contributed by atoms with Crippen LogP contribution >= 0.6 is 0 Å². The predicted octanol–water partition coefficient (Wildman–Crippen LogP) is 1.67. The lowest BCUT2D eigenvalue weighted by atomic mass is 10.3. The average molecular weight is 388 g/mol. The van der Waals surface area contributed by atoms with Gasteiger partial charge in [-0.2, -0.15) is 15.0 Å². The highest BCUT2D eigenvalue weighted by Crippen LogP contribution is 2.22. The molecule has 1 aromatic carbocycles. The van der Waals surface area contributed by atoms with E-state index in [4.69, 9.17) is 19.9 Å². The molecule has 3 N–H and O–H groups in total. The van der Waals surface area contributed by atoms with Crippen LogP contribution in [0.2, 0.25) is 0 Å².